The maximum Gasteiger partial charge on any atom is 0.160 e. The first kappa shape index (κ1) is 29.2. The molecule has 1 rings (SSSR count). The van der Waals surface area contributed by atoms with E-state index in [0.29, 0.717) is 30.1 Å². The van der Waals surface area contributed by atoms with Gasteiger partial charge in [0.1, 0.15) is 6.29 Å². The molecule has 5 nitrogen and oxygen atoms in total. The van der Waals surface area contributed by atoms with E-state index in [9.17, 15) is 9.59 Å². The van der Waals surface area contributed by atoms with E-state index in [-0.39, 0.29) is 11.7 Å². The van der Waals surface area contributed by atoms with Crippen molar-refractivity contribution in [2.75, 3.05) is 14.2 Å². The Labute approximate surface area is 173 Å². The van der Waals surface area contributed by atoms with Gasteiger partial charge in [-0.05, 0) is 48.5 Å². The number of allylic oxidation sites excluding steroid dienone is 1. The first-order chi connectivity index (χ1) is 13.3. The number of hydrogen-bond acceptors (Lipinski definition) is 5. The van der Waals surface area contributed by atoms with E-state index < -0.39 is 0 Å². The van der Waals surface area contributed by atoms with Crippen LogP contribution < -0.4 is 0 Å². The van der Waals surface area contributed by atoms with Gasteiger partial charge in [0.2, 0.25) is 0 Å². The van der Waals surface area contributed by atoms with Gasteiger partial charge in [0.15, 0.2) is 5.78 Å². The van der Waals surface area contributed by atoms with Crippen molar-refractivity contribution in [1.82, 2.24) is 0 Å². The largest absolute Gasteiger partial charge is 0.303 e. The molecular weight excluding hydrogens is 356 g/mol. The van der Waals surface area contributed by atoms with Crippen LogP contribution in [0, 0.1) is 29.6 Å². The second-order valence-electron chi connectivity index (χ2n) is 7.68. The Balaban J connectivity index is 0. The summed E-state index contributed by atoms with van der Waals surface area (Å²) in [6, 6.07) is 0. The molecule has 0 aromatic heterocycles. The maximum absolute atomic E-state index is 11.9. The average Bonchev–Trinajstić information content (AvgIpc) is 2.69. The van der Waals surface area contributed by atoms with Gasteiger partial charge in [-0.15, -0.1) is 0 Å². The molecule has 0 N–H and O–H groups in total. The van der Waals surface area contributed by atoms with Gasteiger partial charge in [-0.1, -0.05) is 66.0 Å². The van der Waals surface area contributed by atoms with Crippen LogP contribution in [0.5, 0.6) is 0 Å². The summed E-state index contributed by atoms with van der Waals surface area (Å²) in [4.78, 5) is 30.8. The Kier molecular flexibility index (Phi) is 18.8. The number of hydrogen-bond donors (Lipinski definition) is 0. The second kappa shape index (κ2) is 18.0. The molecule has 0 amide bonds. The van der Waals surface area contributed by atoms with Gasteiger partial charge in [-0.3, -0.25) is 4.79 Å². The van der Waals surface area contributed by atoms with E-state index in [1.165, 1.54) is 33.5 Å². The fourth-order valence-corrected chi connectivity index (χ4v) is 3.97. The van der Waals surface area contributed by atoms with E-state index >= 15 is 0 Å². The van der Waals surface area contributed by atoms with Crippen molar-refractivity contribution >= 4 is 12.1 Å². The van der Waals surface area contributed by atoms with Crippen LogP contribution in [0.2, 0.25) is 0 Å². The quantitative estimate of drug-likeness (QED) is 0.195. The van der Waals surface area contributed by atoms with Crippen molar-refractivity contribution in [2.24, 2.45) is 29.6 Å². The van der Waals surface area contributed by atoms with Crippen LogP contribution in [0.1, 0.15) is 80.1 Å². The van der Waals surface area contributed by atoms with Crippen molar-refractivity contribution in [2.45, 2.75) is 80.1 Å². The third-order valence-electron chi connectivity index (χ3n) is 5.49. The number of rotatable bonds is 10. The van der Waals surface area contributed by atoms with Crippen molar-refractivity contribution in [3.8, 4) is 0 Å². The number of carbonyl (C=O) groups excluding carboxylic acids is 2. The molecule has 0 spiro atoms. The van der Waals surface area contributed by atoms with Crippen molar-refractivity contribution < 1.29 is 24.4 Å². The van der Waals surface area contributed by atoms with E-state index in [4.69, 9.17) is 0 Å². The summed E-state index contributed by atoms with van der Waals surface area (Å²) in [6.45, 7) is 16.4. The van der Waals surface area contributed by atoms with E-state index in [0.717, 1.165) is 24.7 Å². The number of carbonyl (C=O) groups is 2. The topological polar surface area (TPSA) is 61.8 Å². The van der Waals surface area contributed by atoms with Crippen LogP contribution in [0.15, 0.2) is 12.2 Å². The Morgan fingerprint density at radius 3 is 2.14 bits per heavy atom. The molecule has 4 atom stereocenters. The molecule has 0 radical (unpaired) electrons. The SMILES string of the molecule is C=C(CCC(C)C1CCCC(C)C1CC=O)C(=O)C(C)C.CC.COOOC. The molecule has 0 heterocycles. The first-order valence-corrected chi connectivity index (χ1v) is 10.7. The van der Waals surface area contributed by atoms with E-state index in [1.54, 1.807) is 0 Å². The molecule has 0 saturated heterocycles. The van der Waals surface area contributed by atoms with E-state index in [1.807, 2.05) is 27.7 Å². The summed E-state index contributed by atoms with van der Waals surface area (Å²) in [5.41, 5.74) is 0.771. The number of aldehydes is 1. The normalized spacial score (nSPS) is 22.2. The molecule has 5 heteroatoms. The highest BCUT2D eigenvalue weighted by Gasteiger charge is 2.33. The molecule has 1 saturated carbocycles. The highest BCUT2D eigenvalue weighted by Crippen LogP contribution is 2.41. The van der Waals surface area contributed by atoms with Gasteiger partial charge in [-0.25, -0.2) is 9.78 Å². The average molecular weight is 401 g/mol. The molecule has 166 valence electrons. The zero-order valence-electron chi connectivity index (χ0n) is 19.5. The van der Waals surface area contributed by atoms with Crippen LogP contribution in [0.3, 0.4) is 0 Å². The zero-order chi connectivity index (χ0) is 22.1. The smallest absolute Gasteiger partial charge is 0.160 e. The van der Waals surface area contributed by atoms with Gasteiger partial charge in [-0.2, -0.15) is 0 Å². The molecule has 28 heavy (non-hydrogen) atoms. The Hall–Kier alpha value is -1.04. The number of ketones is 1. The minimum Gasteiger partial charge on any atom is -0.303 e. The lowest BCUT2D eigenvalue weighted by Crippen LogP contribution is -2.31. The minimum atomic E-state index is 0.0466. The molecule has 1 aliphatic rings. The maximum atomic E-state index is 11.9. The van der Waals surface area contributed by atoms with Gasteiger partial charge in [0.25, 0.3) is 0 Å². The van der Waals surface area contributed by atoms with Gasteiger partial charge in [0.05, 0.1) is 14.2 Å². The lowest BCUT2D eigenvalue weighted by molar-refractivity contribution is -0.491. The van der Waals surface area contributed by atoms with Crippen molar-refractivity contribution in [3.05, 3.63) is 12.2 Å². The van der Waals surface area contributed by atoms with Gasteiger partial charge < -0.3 is 4.79 Å². The molecule has 1 fully saturated rings. The molecule has 1 aliphatic carbocycles. The van der Waals surface area contributed by atoms with E-state index in [2.05, 4.69) is 35.2 Å². The van der Waals surface area contributed by atoms with Crippen LogP contribution in [0.4, 0.5) is 0 Å². The standard InChI is InChI=1S/C19H32O2.C2H6O3.C2H6/c1-13(2)19(21)16(5)10-9-15(4)17-8-6-7-14(3)18(17)11-12-20;1-3-5-4-2;1-2/h12-15,17-18H,5-11H2,1-4H3;1-2H3;1-2H3. The van der Waals surface area contributed by atoms with Crippen LogP contribution in [-0.2, 0) is 24.4 Å². The van der Waals surface area contributed by atoms with Gasteiger partial charge >= 0.3 is 0 Å². The number of Topliss-reactive ketones (excluding diaryl/α,β-unsaturated/α-hetero) is 1. The molecule has 0 bridgehead atoms. The van der Waals surface area contributed by atoms with Crippen LogP contribution in [-0.4, -0.2) is 26.3 Å². The predicted molar refractivity (Wildman–Crippen MR) is 115 cm³/mol. The summed E-state index contributed by atoms with van der Waals surface area (Å²) in [6.07, 6.45) is 7.36. The highest BCUT2D eigenvalue weighted by atomic mass is 17.5. The third kappa shape index (κ3) is 11.7. The lowest BCUT2D eigenvalue weighted by atomic mass is 9.66. The van der Waals surface area contributed by atoms with Crippen LogP contribution in [0.25, 0.3) is 0 Å². The zero-order valence-corrected chi connectivity index (χ0v) is 19.5. The Bertz CT molecular complexity index is 417. The Morgan fingerprint density at radius 1 is 1.14 bits per heavy atom. The molecule has 4 unspecified atom stereocenters. The minimum absolute atomic E-state index is 0.0466. The molecule has 0 aromatic carbocycles. The summed E-state index contributed by atoms with van der Waals surface area (Å²) >= 11 is 0. The van der Waals surface area contributed by atoms with Crippen molar-refractivity contribution in [1.29, 1.82) is 0 Å². The fraction of sp³-hybridized carbons (Fsp3) is 0.826. The monoisotopic (exact) mass is 400 g/mol. The fourth-order valence-electron chi connectivity index (χ4n) is 3.97. The molecular formula is C23H44O5. The second-order valence-corrected chi connectivity index (χ2v) is 7.68. The Morgan fingerprint density at radius 2 is 1.71 bits per heavy atom. The predicted octanol–water partition coefficient (Wildman–Crippen LogP) is 5.98. The molecule has 0 aliphatic heterocycles. The van der Waals surface area contributed by atoms with Gasteiger partial charge in [0, 0.05) is 12.3 Å². The summed E-state index contributed by atoms with van der Waals surface area (Å²) in [5, 5.41) is 3.83. The summed E-state index contributed by atoms with van der Waals surface area (Å²) < 4.78 is 0. The third-order valence-corrected chi connectivity index (χ3v) is 5.49. The van der Waals surface area contributed by atoms with Crippen molar-refractivity contribution in [3.63, 3.8) is 0 Å². The lowest BCUT2D eigenvalue weighted by Gasteiger charge is -2.39. The first-order valence-electron chi connectivity index (χ1n) is 10.7. The molecule has 0 aromatic rings. The van der Waals surface area contributed by atoms with Crippen LogP contribution >= 0.6 is 0 Å². The summed E-state index contributed by atoms with van der Waals surface area (Å²) in [5.74, 6) is 2.61. The highest BCUT2D eigenvalue weighted by molar-refractivity contribution is 5.96. The summed E-state index contributed by atoms with van der Waals surface area (Å²) in [7, 11) is 2.73.